The lowest BCUT2D eigenvalue weighted by Crippen LogP contribution is -2.27. The Morgan fingerprint density at radius 2 is 2.14 bits per heavy atom. The molecule has 0 bridgehead atoms. The van der Waals surface area contributed by atoms with E-state index in [4.69, 9.17) is 10.7 Å². The lowest BCUT2D eigenvalue weighted by atomic mass is 9.89. The van der Waals surface area contributed by atoms with Gasteiger partial charge in [-0.25, -0.2) is 4.98 Å². The molecule has 0 amide bonds. The fourth-order valence-electron chi connectivity index (χ4n) is 2.65. The first kappa shape index (κ1) is 14.5. The summed E-state index contributed by atoms with van der Waals surface area (Å²) in [6.45, 7) is 7.70. The van der Waals surface area contributed by atoms with E-state index in [-0.39, 0.29) is 5.78 Å². The molecule has 0 spiro atoms. The van der Waals surface area contributed by atoms with Crippen molar-refractivity contribution < 1.29 is 4.79 Å². The summed E-state index contributed by atoms with van der Waals surface area (Å²) in [6.07, 6.45) is 0.960. The van der Waals surface area contributed by atoms with Crippen LogP contribution in [-0.2, 0) is 13.0 Å². The number of carbonyl (C=O) groups excluding carboxylic acids is 1. The van der Waals surface area contributed by atoms with Crippen molar-refractivity contribution >= 4 is 33.0 Å². The average molecular weight is 303 g/mol. The Kier molecular flexibility index (Phi) is 3.30. The summed E-state index contributed by atoms with van der Waals surface area (Å²) in [7, 11) is 2.11. The van der Waals surface area contributed by atoms with E-state index in [2.05, 4.69) is 18.0 Å². The van der Waals surface area contributed by atoms with Crippen LogP contribution >= 0.6 is 11.3 Å². The molecule has 0 fully saturated rings. The summed E-state index contributed by atoms with van der Waals surface area (Å²) in [4.78, 5) is 21.1. The number of likely N-dealkylation sites (N-methyl/N-ethyl adjacent to an activating group) is 1. The van der Waals surface area contributed by atoms with Gasteiger partial charge in [-0.1, -0.05) is 20.8 Å². The van der Waals surface area contributed by atoms with E-state index in [0.29, 0.717) is 10.6 Å². The van der Waals surface area contributed by atoms with Crippen LogP contribution in [0.1, 0.15) is 41.7 Å². The molecule has 2 aromatic rings. The zero-order valence-corrected chi connectivity index (χ0v) is 13.8. The molecular weight excluding hydrogens is 282 g/mol. The third kappa shape index (κ3) is 2.45. The van der Waals surface area contributed by atoms with Gasteiger partial charge < -0.3 is 10.6 Å². The Hall–Kier alpha value is -1.46. The molecule has 3 heterocycles. The van der Waals surface area contributed by atoms with Crippen molar-refractivity contribution in [2.75, 3.05) is 19.3 Å². The van der Waals surface area contributed by atoms with Crippen LogP contribution in [-0.4, -0.2) is 29.3 Å². The number of carbonyl (C=O) groups is 1. The van der Waals surface area contributed by atoms with Gasteiger partial charge in [-0.3, -0.25) is 4.79 Å². The van der Waals surface area contributed by atoms with Crippen molar-refractivity contribution in [3.05, 3.63) is 22.2 Å². The molecular formula is C16H21N3OS. The molecule has 2 N–H and O–H groups in total. The fourth-order valence-corrected chi connectivity index (χ4v) is 3.89. The van der Waals surface area contributed by atoms with Gasteiger partial charge in [0, 0.05) is 36.0 Å². The minimum Gasteiger partial charge on any atom is -0.397 e. The topological polar surface area (TPSA) is 59.2 Å². The predicted octanol–water partition coefficient (Wildman–Crippen LogP) is 3.10. The highest BCUT2D eigenvalue weighted by atomic mass is 32.1. The minimum atomic E-state index is -0.422. The van der Waals surface area contributed by atoms with E-state index in [0.717, 1.165) is 35.4 Å². The molecule has 5 heteroatoms. The predicted molar refractivity (Wildman–Crippen MR) is 87.9 cm³/mol. The highest BCUT2D eigenvalue weighted by molar-refractivity contribution is 7.21. The number of hydrogen-bond donors (Lipinski definition) is 1. The van der Waals surface area contributed by atoms with E-state index in [1.54, 1.807) is 0 Å². The Bertz CT molecular complexity index is 727. The molecule has 0 atom stereocenters. The number of rotatable bonds is 1. The SMILES string of the molecule is CN1CCc2nc3sc(C(=O)C(C)(C)C)c(N)c3cc2C1. The second kappa shape index (κ2) is 4.78. The highest BCUT2D eigenvalue weighted by Crippen LogP contribution is 2.38. The second-order valence-electron chi connectivity index (χ2n) is 6.86. The first-order chi connectivity index (χ1) is 9.77. The van der Waals surface area contributed by atoms with Crippen LogP contribution in [0.5, 0.6) is 0 Å². The van der Waals surface area contributed by atoms with Gasteiger partial charge in [0.15, 0.2) is 5.78 Å². The number of Topliss-reactive ketones (excluding diaryl/α,β-unsaturated/α-hetero) is 1. The Labute approximate surface area is 129 Å². The average Bonchev–Trinajstić information content (AvgIpc) is 2.71. The Morgan fingerprint density at radius 3 is 2.81 bits per heavy atom. The molecule has 0 aromatic carbocycles. The highest BCUT2D eigenvalue weighted by Gasteiger charge is 2.28. The number of aromatic nitrogens is 1. The summed E-state index contributed by atoms with van der Waals surface area (Å²) in [5.74, 6) is 0.0955. The van der Waals surface area contributed by atoms with E-state index >= 15 is 0 Å². The normalized spacial score (nSPS) is 16.2. The fraction of sp³-hybridized carbons (Fsp3) is 0.500. The Morgan fingerprint density at radius 1 is 1.43 bits per heavy atom. The van der Waals surface area contributed by atoms with Crippen LogP contribution in [0.15, 0.2) is 6.07 Å². The van der Waals surface area contributed by atoms with E-state index in [9.17, 15) is 4.79 Å². The number of ketones is 1. The van der Waals surface area contributed by atoms with Crippen molar-refractivity contribution in [1.82, 2.24) is 9.88 Å². The number of anilines is 1. The molecule has 1 aliphatic heterocycles. The molecule has 0 saturated carbocycles. The van der Waals surface area contributed by atoms with Crippen LogP contribution < -0.4 is 5.73 Å². The van der Waals surface area contributed by atoms with Crippen molar-refractivity contribution in [2.45, 2.75) is 33.7 Å². The first-order valence-corrected chi connectivity index (χ1v) is 8.03. The summed E-state index contributed by atoms with van der Waals surface area (Å²) in [5, 5.41) is 0.932. The van der Waals surface area contributed by atoms with Gasteiger partial charge in [0.05, 0.1) is 10.6 Å². The van der Waals surface area contributed by atoms with Crippen LogP contribution in [0.4, 0.5) is 5.69 Å². The molecule has 0 aliphatic carbocycles. The zero-order chi connectivity index (χ0) is 15.4. The van der Waals surface area contributed by atoms with Gasteiger partial charge in [0.2, 0.25) is 0 Å². The van der Waals surface area contributed by atoms with Crippen molar-refractivity contribution in [3.8, 4) is 0 Å². The first-order valence-electron chi connectivity index (χ1n) is 7.21. The number of nitrogen functional groups attached to an aromatic ring is 1. The molecule has 0 saturated heterocycles. The van der Waals surface area contributed by atoms with E-state index < -0.39 is 5.41 Å². The van der Waals surface area contributed by atoms with E-state index in [1.807, 2.05) is 20.8 Å². The monoisotopic (exact) mass is 303 g/mol. The number of fused-ring (bicyclic) bond motifs is 2. The lowest BCUT2D eigenvalue weighted by molar-refractivity contribution is 0.0863. The standard InChI is InChI=1S/C16H21N3OS/c1-16(2,3)14(20)13-12(17)10-7-9-8-19(4)6-5-11(9)18-15(10)21-13/h7H,5-6,8,17H2,1-4H3. The molecule has 2 aromatic heterocycles. The molecule has 112 valence electrons. The van der Waals surface area contributed by atoms with Crippen molar-refractivity contribution in [1.29, 1.82) is 0 Å². The molecule has 4 nitrogen and oxygen atoms in total. The number of pyridine rings is 1. The van der Waals surface area contributed by atoms with E-state index in [1.165, 1.54) is 16.9 Å². The third-order valence-corrected chi connectivity index (χ3v) is 5.06. The van der Waals surface area contributed by atoms with Gasteiger partial charge in [-0.2, -0.15) is 0 Å². The summed E-state index contributed by atoms with van der Waals surface area (Å²) in [5.41, 5.74) is 8.80. The largest absolute Gasteiger partial charge is 0.397 e. The molecule has 3 rings (SSSR count). The second-order valence-corrected chi connectivity index (χ2v) is 7.86. The van der Waals surface area contributed by atoms with Crippen LogP contribution in [0.3, 0.4) is 0 Å². The third-order valence-electron chi connectivity index (χ3n) is 3.95. The maximum atomic E-state index is 12.5. The summed E-state index contributed by atoms with van der Waals surface area (Å²) < 4.78 is 0. The molecule has 0 unspecified atom stereocenters. The number of thiophene rings is 1. The molecule has 0 radical (unpaired) electrons. The van der Waals surface area contributed by atoms with Gasteiger partial charge >= 0.3 is 0 Å². The van der Waals surface area contributed by atoms with Crippen molar-refractivity contribution in [2.24, 2.45) is 5.41 Å². The molecule has 1 aliphatic rings. The Balaban J connectivity index is 2.15. The lowest BCUT2D eigenvalue weighted by Gasteiger charge is -2.24. The van der Waals surface area contributed by atoms with Gasteiger partial charge in [-0.15, -0.1) is 11.3 Å². The summed E-state index contributed by atoms with van der Waals surface area (Å²) in [6, 6.07) is 2.12. The summed E-state index contributed by atoms with van der Waals surface area (Å²) >= 11 is 1.43. The number of hydrogen-bond acceptors (Lipinski definition) is 5. The molecule has 21 heavy (non-hydrogen) atoms. The number of nitrogens with two attached hydrogens (primary N) is 1. The quantitative estimate of drug-likeness (QED) is 0.822. The maximum Gasteiger partial charge on any atom is 0.180 e. The zero-order valence-electron chi connectivity index (χ0n) is 13.0. The van der Waals surface area contributed by atoms with Gasteiger partial charge in [0.25, 0.3) is 0 Å². The van der Waals surface area contributed by atoms with Crippen LogP contribution in [0.2, 0.25) is 0 Å². The van der Waals surface area contributed by atoms with Crippen molar-refractivity contribution in [3.63, 3.8) is 0 Å². The van der Waals surface area contributed by atoms with Gasteiger partial charge in [0.1, 0.15) is 4.83 Å². The van der Waals surface area contributed by atoms with Crippen LogP contribution in [0.25, 0.3) is 10.2 Å². The maximum absolute atomic E-state index is 12.5. The minimum absolute atomic E-state index is 0.0955. The van der Waals surface area contributed by atoms with Gasteiger partial charge in [-0.05, 0) is 18.7 Å². The number of nitrogens with zero attached hydrogens (tertiary/aromatic N) is 2. The smallest absolute Gasteiger partial charge is 0.180 e. The van der Waals surface area contributed by atoms with Crippen LogP contribution in [0, 0.1) is 5.41 Å².